The highest BCUT2D eigenvalue weighted by Gasteiger charge is 2.56. The van der Waals surface area contributed by atoms with Crippen LogP contribution in [0.4, 0.5) is 5.69 Å². The van der Waals surface area contributed by atoms with Gasteiger partial charge in [0.15, 0.2) is 0 Å². The van der Waals surface area contributed by atoms with Crippen LogP contribution in [0.3, 0.4) is 0 Å². The van der Waals surface area contributed by atoms with Gasteiger partial charge in [0.1, 0.15) is 11.6 Å². The highest BCUT2D eigenvalue weighted by atomic mass is 16.2. The van der Waals surface area contributed by atoms with Crippen LogP contribution in [0.1, 0.15) is 149 Å². The van der Waals surface area contributed by atoms with Gasteiger partial charge < -0.3 is 24.7 Å². The monoisotopic (exact) mass is 861 g/mol. The van der Waals surface area contributed by atoms with Crippen molar-refractivity contribution in [1.29, 1.82) is 0 Å². The first-order valence-corrected chi connectivity index (χ1v) is 24.2. The van der Waals surface area contributed by atoms with E-state index in [9.17, 15) is 9.59 Å². The number of fused-ring (bicyclic) bond motifs is 2. The van der Waals surface area contributed by atoms with Crippen molar-refractivity contribution >= 4 is 39.6 Å². The third-order valence-electron chi connectivity index (χ3n) is 15.9. The van der Waals surface area contributed by atoms with Crippen molar-refractivity contribution < 1.29 is 9.59 Å². The molecule has 0 spiro atoms. The summed E-state index contributed by atoms with van der Waals surface area (Å²) in [5, 5.41) is 0. The quantitative estimate of drug-likeness (QED) is 0.151. The topological polar surface area (TPSA) is 101 Å². The minimum Gasteiger partial charge on any atom is -0.357 e. The number of carbonyl (C=O) groups is 2. The summed E-state index contributed by atoms with van der Waals surface area (Å²) in [6.45, 7) is 8.35. The summed E-state index contributed by atoms with van der Waals surface area (Å²) in [5.41, 5.74) is 10.5. The molecule has 2 aliphatic carbocycles. The van der Waals surface area contributed by atoms with E-state index in [1.54, 1.807) is 0 Å². The van der Waals surface area contributed by atoms with Crippen LogP contribution in [0.25, 0.3) is 22.1 Å². The molecule has 7 aromatic rings. The Bertz CT molecular complexity index is 2750. The summed E-state index contributed by atoms with van der Waals surface area (Å²) in [7, 11) is 0. The van der Waals surface area contributed by atoms with Crippen LogP contribution >= 0.6 is 0 Å². The van der Waals surface area contributed by atoms with Crippen LogP contribution in [0.5, 0.6) is 0 Å². The van der Waals surface area contributed by atoms with E-state index >= 15 is 0 Å². The van der Waals surface area contributed by atoms with Gasteiger partial charge in [-0.1, -0.05) is 106 Å². The number of rotatable bonds is 9. The van der Waals surface area contributed by atoms with Crippen molar-refractivity contribution in [1.82, 2.24) is 29.7 Å². The second-order valence-corrected chi connectivity index (χ2v) is 20.8. The standard InChI is InChI=1S/C56H59N7O2/c1-54(2,3)38-20-22-41(23-21-38)63-46(36-18-24-42-44(34-36)59-50(57-42)48-16-10-32-61(48)52(64)55(28-29-55)39-12-6-4-7-13-39)26-27-47(63)37-19-25-43-45(35-37)60-51(58-43)49-17-11-33-62(49)53(65)56(30-31-56)40-14-8-5-9-15-40/h4-9,12-15,18-25,34-35,46-49H,10-11,16-17,26-33H2,1-3H3,(H,57,59)(H,58,60)/t46-,47-,48+,49+/m1/s1. The Balaban J connectivity index is 0.840. The van der Waals surface area contributed by atoms with Gasteiger partial charge in [-0.05, 0) is 134 Å². The van der Waals surface area contributed by atoms with Crippen LogP contribution < -0.4 is 4.90 Å². The first-order valence-electron chi connectivity index (χ1n) is 24.2. The maximum Gasteiger partial charge on any atom is 0.233 e. The summed E-state index contributed by atoms with van der Waals surface area (Å²) >= 11 is 0. The number of H-pyrrole nitrogens is 2. The van der Waals surface area contributed by atoms with Crippen LogP contribution in [0.15, 0.2) is 121 Å². The number of anilines is 1. The minimum atomic E-state index is -0.388. The smallest absolute Gasteiger partial charge is 0.233 e. The molecule has 2 aromatic heterocycles. The van der Waals surface area contributed by atoms with Gasteiger partial charge >= 0.3 is 0 Å². The number of imidazole rings is 2. The molecule has 2 N–H and O–H groups in total. The first-order chi connectivity index (χ1) is 31.6. The lowest BCUT2D eigenvalue weighted by Gasteiger charge is -2.34. The van der Waals surface area contributed by atoms with Crippen molar-refractivity contribution in [2.24, 2.45) is 0 Å². The van der Waals surface area contributed by atoms with Gasteiger partial charge in [0, 0.05) is 18.8 Å². The van der Waals surface area contributed by atoms with Crippen molar-refractivity contribution in [3.8, 4) is 0 Å². The zero-order valence-corrected chi connectivity index (χ0v) is 37.9. The number of likely N-dealkylation sites (tertiary alicyclic amines) is 2. The molecule has 65 heavy (non-hydrogen) atoms. The molecule has 2 amide bonds. The average Bonchev–Trinajstić information content (AvgIpc) is 3.84. The van der Waals surface area contributed by atoms with Crippen LogP contribution in [-0.2, 0) is 25.8 Å². The minimum absolute atomic E-state index is 0.0486. The maximum absolute atomic E-state index is 14.3. The fourth-order valence-electron chi connectivity index (χ4n) is 11.9. The molecule has 3 saturated heterocycles. The molecule has 2 saturated carbocycles. The summed E-state index contributed by atoms with van der Waals surface area (Å²) in [5.74, 6) is 2.29. The molecule has 0 bridgehead atoms. The highest BCUT2D eigenvalue weighted by Crippen LogP contribution is 2.53. The van der Waals surface area contributed by atoms with E-state index in [4.69, 9.17) is 9.97 Å². The number of carbonyl (C=O) groups excluding carboxylic acids is 2. The maximum atomic E-state index is 14.3. The third kappa shape index (κ3) is 6.78. The van der Waals surface area contributed by atoms with Gasteiger partial charge in [0.25, 0.3) is 0 Å². The zero-order valence-electron chi connectivity index (χ0n) is 37.9. The normalized spacial score (nSPS) is 23.5. The lowest BCUT2D eigenvalue weighted by atomic mass is 9.87. The molecular formula is C56H59N7O2. The van der Waals surface area contributed by atoms with E-state index in [0.717, 1.165) is 122 Å². The number of hydrogen-bond acceptors (Lipinski definition) is 5. The average molecular weight is 862 g/mol. The van der Waals surface area contributed by atoms with Crippen molar-refractivity contribution in [3.63, 3.8) is 0 Å². The van der Waals surface area contributed by atoms with Crippen LogP contribution in [-0.4, -0.2) is 54.6 Å². The van der Waals surface area contributed by atoms with Crippen molar-refractivity contribution in [2.75, 3.05) is 18.0 Å². The van der Waals surface area contributed by atoms with E-state index in [0.29, 0.717) is 0 Å². The van der Waals surface area contributed by atoms with Crippen molar-refractivity contribution in [2.45, 2.75) is 125 Å². The molecule has 5 heterocycles. The third-order valence-corrected chi connectivity index (χ3v) is 15.9. The number of hydrogen-bond donors (Lipinski definition) is 2. The van der Waals surface area contributed by atoms with Crippen LogP contribution in [0.2, 0.25) is 0 Å². The molecule has 9 heteroatoms. The summed E-state index contributed by atoms with van der Waals surface area (Å²) < 4.78 is 0. The Morgan fingerprint density at radius 2 is 1.00 bits per heavy atom. The molecule has 0 unspecified atom stereocenters. The Morgan fingerprint density at radius 3 is 1.42 bits per heavy atom. The van der Waals surface area contributed by atoms with Crippen molar-refractivity contribution in [3.05, 3.63) is 161 Å². The molecule has 5 aliphatic rings. The van der Waals surface area contributed by atoms with Gasteiger partial charge in [-0.2, -0.15) is 0 Å². The van der Waals surface area contributed by atoms with Gasteiger partial charge in [-0.3, -0.25) is 9.59 Å². The predicted octanol–water partition coefficient (Wildman–Crippen LogP) is 11.6. The van der Waals surface area contributed by atoms with E-state index < -0.39 is 0 Å². The van der Waals surface area contributed by atoms with E-state index in [1.807, 2.05) is 36.4 Å². The lowest BCUT2D eigenvalue weighted by molar-refractivity contribution is -0.135. The molecule has 330 valence electrons. The fourth-order valence-corrected chi connectivity index (χ4v) is 11.9. The molecule has 0 radical (unpaired) electrons. The van der Waals surface area contributed by atoms with E-state index in [1.165, 1.54) is 22.4 Å². The summed E-state index contributed by atoms with van der Waals surface area (Å²) in [6, 6.07) is 43.6. The molecule has 12 rings (SSSR count). The first kappa shape index (κ1) is 40.3. The number of benzene rings is 5. The Hall–Kier alpha value is -6.22. The Labute approximate surface area is 381 Å². The molecule has 5 aromatic carbocycles. The number of aromatic amines is 2. The molecule has 3 aliphatic heterocycles. The molecule has 5 fully saturated rings. The Kier molecular flexibility index (Phi) is 9.41. The summed E-state index contributed by atoms with van der Waals surface area (Å²) in [6.07, 6.45) is 9.44. The largest absolute Gasteiger partial charge is 0.357 e. The van der Waals surface area contributed by atoms with Gasteiger partial charge in [0.2, 0.25) is 11.8 Å². The zero-order chi connectivity index (χ0) is 44.1. The number of amides is 2. The van der Waals surface area contributed by atoms with Gasteiger partial charge in [0.05, 0.1) is 57.1 Å². The van der Waals surface area contributed by atoms with Gasteiger partial charge in [-0.25, -0.2) is 9.97 Å². The molecule has 4 atom stereocenters. The summed E-state index contributed by atoms with van der Waals surface area (Å²) in [4.78, 5) is 53.2. The number of nitrogens with one attached hydrogen (secondary N) is 2. The lowest BCUT2D eigenvalue weighted by Crippen LogP contribution is -2.39. The number of aromatic nitrogens is 4. The van der Waals surface area contributed by atoms with Gasteiger partial charge in [-0.15, -0.1) is 0 Å². The van der Waals surface area contributed by atoms with E-state index in [-0.39, 0.29) is 52.2 Å². The SMILES string of the molecule is CC(C)(C)c1ccc(N2[C@@H](c3ccc4nc([C@@H]5CCCN5C(=O)C5(c6ccccc6)CC5)[nH]c4c3)CC[C@@H]2c2ccc3nc([C@@H]4CCCN4C(=O)C4(c5ccccc5)CC4)[nH]c3c2)cc1. The fraction of sp³-hybridized carbons (Fsp3) is 0.393. The molecule has 9 nitrogen and oxygen atoms in total. The second-order valence-electron chi connectivity index (χ2n) is 20.8. The molecular weight excluding hydrogens is 803 g/mol. The highest BCUT2D eigenvalue weighted by molar-refractivity contribution is 5.93. The predicted molar refractivity (Wildman–Crippen MR) is 257 cm³/mol. The van der Waals surface area contributed by atoms with Crippen LogP contribution in [0, 0.1) is 0 Å². The Morgan fingerprint density at radius 1 is 0.554 bits per heavy atom. The number of nitrogens with zero attached hydrogens (tertiary/aromatic N) is 5. The van der Waals surface area contributed by atoms with E-state index in [2.05, 4.69) is 130 Å². The second kappa shape index (κ2) is 15.2.